The lowest BCUT2D eigenvalue weighted by atomic mass is 9.86. The molecule has 0 aromatic rings. The Morgan fingerprint density at radius 3 is 1.44 bits per heavy atom. The van der Waals surface area contributed by atoms with E-state index in [1.807, 2.05) is 0 Å². The molecule has 196 valence electrons. The molecule has 6 heteroatoms. The number of carboxylic acid groups (broad SMARTS) is 2. The first kappa shape index (κ1) is 28.8. The van der Waals surface area contributed by atoms with Gasteiger partial charge in [-0.25, -0.2) is 0 Å². The molecule has 34 heavy (non-hydrogen) atoms. The highest BCUT2D eigenvalue weighted by molar-refractivity contribution is 5.73. The summed E-state index contributed by atoms with van der Waals surface area (Å²) in [5, 5.41) is 18.5. The summed E-state index contributed by atoms with van der Waals surface area (Å²) in [6, 6.07) is 0. The molecule has 4 atom stereocenters. The smallest absolute Gasteiger partial charge is 0.309 e. The fourth-order valence-electron chi connectivity index (χ4n) is 4.91. The van der Waals surface area contributed by atoms with Crippen molar-refractivity contribution < 1.29 is 29.3 Å². The standard InChI is InChI=1S/C28H48O6/c1-27(2,25(29)30)19-7-5-11-21-13-9-15-23(33-21)17-18-24-16-10-14-22(34-24)12-6-8-20-28(3,4)26(31)32/h17-18,21-24H,5-16,19-20H2,1-4H3,(H,29,30)(H,31,32)/b18-17-. The minimum absolute atomic E-state index is 0.149. The lowest BCUT2D eigenvalue weighted by Gasteiger charge is -2.31. The van der Waals surface area contributed by atoms with Crippen molar-refractivity contribution in [1.82, 2.24) is 0 Å². The Balaban J connectivity index is 1.67. The van der Waals surface area contributed by atoms with E-state index >= 15 is 0 Å². The summed E-state index contributed by atoms with van der Waals surface area (Å²) < 4.78 is 12.6. The Labute approximate surface area is 206 Å². The van der Waals surface area contributed by atoms with Gasteiger partial charge in [0.05, 0.1) is 35.2 Å². The van der Waals surface area contributed by atoms with E-state index in [4.69, 9.17) is 9.47 Å². The molecule has 2 N–H and O–H groups in total. The van der Waals surface area contributed by atoms with E-state index in [0.29, 0.717) is 12.8 Å². The molecule has 0 saturated carbocycles. The van der Waals surface area contributed by atoms with Gasteiger partial charge in [0.25, 0.3) is 0 Å². The van der Waals surface area contributed by atoms with Gasteiger partial charge in [-0.05, 0) is 91.9 Å². The summed E-state index contributed by atoms with van der Waals surface area (Å²) >= 11 is 0. The predicted octanol–water partition coefficient (Wildman–Crippen LogP) is 6.76. The Hall–Kier alpha value is -1.40. The van der Waals surface area contributed by atoms with Crippen molar-refractivity contribution in [1.29, 1.82) is 0 Å². The molecular formula is C28H48O6. The molecule has 2 aliphatic rings. The predicted molar refractivity (Wildman–Crippen MR) is 134 cm³/mol. The van der Waals surface area contributed by atoms with Crippen molar-refractivity contribution in [3.05, 3.63) is 12.2 Å². The number of carboxylic acids is 2. The first-order chi connectivity index (χ1) is 16.0. The molecule has 0 amide bonds. The fraction of sp³-hybridized carbons (Fsp3) is 0.857. The number of hydrogen-bond acceptors (Lipinski definition) is 4. The second-order valence-electron chi connectivity index (χ2n) is 11.7. The summed E-state index contributed by atoms with van der Waals surface area (Å²) in [6.45, 7) is 7.19. The monoisotopic (exact) mass is 480 g/mol. The summed E-state index contributed by atoms with van der Waals surface area (Å²) in [5.74, 6) is -1.44. The van der Waals surface area contributed by atoms with Crippen LogP contribution in [0.2, 0.25) is 0 Å². The van der Waals surface area contributed by atoms with E-state index < -0.39 is 22.8 Å². The fourth-order valence-corrected chi connectivity index (χ4v) is 4.91. The number of carbonyl (C=O) groups is 2. The summed E-state index contributed by atoms with van der Waals surface area (Å²) in [6.07, 6.45) is 19.1. The van der Waals surface area contributed by atoms with Gasteiger partial charge in [-0.3, -0.25) is 9.59 Å². The third-order valence-electron chi connectivity index (χ3n) is 7.62. The van der Waals surface area contributed by atoms with Crippen LogP contribution in [0.15, 0.2) is 12.2 Å². The molecule has 0 spiro atoms. The van der Waals surface area contributed by atoms with E-state index in [0.717, 1.165) is 64.2 Å². The Morgan fingerprint density at radius 2 is 1.09 bits per heavy atom. The van der Waals surface area contributed by atoms with Crippen LogP contribution in [-0.4, -0.2) is 46.6 Å². The van der Waals surface area contributed by atoms with Crippen molar-refractivity contribution in [3.8, 4) is 0 Å². The van der Waals surface area contributed by atoms with Gasteiger partial charge >= 0.3 is 11.9 Å². The van der Waals surface area contributed by atoms with Crippen LogP contribution in [-0.2, 0) is 19.1 Å². The zero-order chi connectivity index (χ0) is 25.2. The average molecular weight is 481 g/mol. The lowest BCUT2D eigenvalue weighted by Crippen LogP contribution is -2.29. The van der Waals surface area contributed by atoms with Crippen LogP contribution in [0.1, 0.15) is 118 Å². The van der Waals surface area contributed by atoms with Crippen LogP contribution in [0.5, 0.6) is 0 Å². The second kappa shape index (κ2) is 13.6. The van der Waals surface area contributed by atoms with E-state index in [2.05, 4.69) is 12.2 Å². The Kier molecular flexibility index (Phi) is 11.6. The van der Waals surface area contributed by atoms with Crippen LogP contribution in [0.3, 0.4) is 0 Å². The van der Waals surface area contributed by atoms with Crippen molar-refractivity contribution in [2.45, 2.75) is 142 Å². The van der Waals surface area contributed by atoms with Crippen molar-refractivity contribution in [2.24, 2.45) is 10.8 Å². The van der Waals surface area contributed by atoms with Crippen LogP contribution in [0.4, 0.5) is 0 Å². The zero-order valence-electron chi connectivity index (χ0n) is 21.9. The molecule has 0 bridgehead atoms. The highest BCUT2D eigenvalue weighted by Crippen LogP contribution is 2.29. The Bertz CT molecular complexity index is 612. The van der Waals surface area contributed by atoms with Gasteiger partial charge in [-0.15, -0.1) is 0 Å². The molecule has 2 saturated heterocycles. The zero-order valence-corrected chi connectivity index (χ0v) is 21.9. The first-order valence-electron chi connectivity index (χ1n) is 13.5. The lowest BCUT2D eigenvalue weighted by molar-refractivity contribution is -0.148. The Morgan fingerprint density at radius 1 is 0.706 bits per heavy atom. The van der Waals surface area contributed by atoms with Crippen molar-refractivity contribution in [3.63, 3.8) is 0 Å². The number of aliphatic carboxylic acids is 2. The maximum Gasteiger partial charge on any atom is 0.309 e. The highest BCUT2D eigenvalue weighted by atomic mass is 16.5. The van der Waals surface area contributed by atoms with Crippen LogP contribution in [0.25, 0.3) is 0 Å². The summed E-state index contributed by atoms with van der Waals surface area (Å²) in [5.41, 5.74) is -1.29. The van der Waals surface area contributed by atoms with Crippen molar-refractivity contribution in [2.75, 3.05) is 0 Å². The van der Waals surface area contributed by atoms with Gasteiger partial charge in [0.15, 0.2) is 0 Å². The molecule has 0 aliphatic carbocycles. The van der Waals surface area contributed by atoms with Gasteiger partial charge in [-0.1, -0.05) is 37.8 Å². The normalized spacial score (nSPS) is 26.6. The van der Waals surface area contributed by atoms with Gasteiger partial charge in [0.2, 0.25) is 0 Å². The molecule has 2 fully saturated rings. The largest absolute Gasteiger partial charge is 0.481 e. The molecule has 0 radical (unpaired) electrons. The molecule has 6 nitrogen and oxygen atoms in total. The molecule has 0 aromatic heterocycles. The number of unbranched alkanes of at least 4 members (excludes halogenated alkanes) is 2. The number of rotatable bonds is 14. The molecular weight excluding hydrogens is 432 g/mol. The van der Waals surface area contributed by atoms with Crippen LogP contribution in [0, 0.1) is 10.8 Å². The minimum Gasteiger partial charge on any atom is -0.481 e. The number of ether oxygens (including phenoxy) is 2. The van der Waals surface area contributed by atoms with Gasteiger partial charge in [-0.2, -0.15) is 0 Å². The van der Waals surface area contributed by atoms with Gasteiger partial charge in [0, 0.05) is 0 Å². The van der Waals surface area contributed by atoms with Crippen LogP contribution >= 0.6 is 0 Å². The summed E-state index contributed by atoms with van der Waals surface area (Å²) in [7, 11) is 0. The molecule has 4 unspecified atom stereocenters. The van der Waals surface area contributed by atoms with E-state index in [1.165, 1.54) is 12.8 Å². The van der Waals surface area contributed by atoms with E-state index in [9.17, 15) is 19.8 Å². The third kappa shape index (κ3) is 10.1. The second-order valence-corrected chi connectivity index (χ2v) is 11.7. The first-order valence-corrected chi connectivity index (χ1v) is 13.5. The molecule has 2 heterocycles. The van der Waals surface area contributed by atoms with Crippen LogP contribution < -0.4 is 0 Å². The molecule has 0 aromatic carbocycles. The minimum atomic E-state index is -0.721. The van der Waals surface area contributed by atoms with Crippen molar-refractivity contribution >= 4 is 11.9 Å². The SMILES string of the molecule is CC(C)(CCCCC1CCCC(/C=C\C2CCCC(CCCCC(C)(C)C(=O)O)O2)O1)C(=O)O. The molecule has 2 rings (SSSR count). The van der Waals surface area contributed by atoms with Gasteiger partial charge in [0.1, 0.15) is 0 Å². The van der Waals surface area contributed by atoms with Gasteiger partial charge < -0.3 is 19.7 Å². The highest BCUT2D eigenvalue weighted by Gasteiger charge is 2.28. The van der Waals surface area contributed by atoms with E-state index in [-0.39, 0.29) is 24.4 Å². The maximum atomic E-state index is 11.2. The topological polar surface area (TPSA) is 93.1 Å². The van der Waals surface area contributed by atoms with E-state index in [1.54, 1.807) is 27.7 Å². The maximum absolute atomic E-state index is 11.2. The average Bonchev–Trinajstić information content (AvgIpc) is 2.79. The summed E-state index contributed by atoms with van der Waals surface area (Å²) in [4.78, 5) is 22.5. The molecule has 2 aliphatic heterocycles. The quantitative estimate of drug-likeness (QED) is 0.211. The third-order valence-corrected chi connectivity index (χ3v) is 7.62. The number of hydrogen-bond donors (Lipinski definition) is 2.